The molecular weight excluding hydrogens is 234 g/mol. The Kier molecular flexibility index (Phi) is 3.19. The van der Waals surface area contributed by atoms with Crippen molar-refractivity contribution in [2.45, 2.75) is 6.92 Å². The average molecular weight is 243 g/mol. The lowest BCUT2D eigenvalue weighted by Gasteiger charge is -1.97. The lowest BCUT2D eigenvalue weighted by Crippen LogP contribution is -1.87. The first-order valence-corrected chi connectivity index (χ1v) is 4.48. The van der Waals surface area contributed by atoms with Gasteiger partial charge in [-0.1, -0.05) is 28.1 Å². The second kappa shape index (κ2) is 4.18. The molecule has 0 spiro atoms. The summed E-state index contributed by atoms with van der Waals surface area (Å²) in [5.41, 5.74) is 1.98. The fourth-order valence-corrected chi connectivity index (χ4v) is 1.26. The van der Waals surface area contributed by atoms with Crippen LogP contribution in [0.25, 0.3) is 6.08 Å². The molecule has 0 aliphatic rings. The molecule has 1 rings (SSSR count). The molecular formula is C9H9BrNO2+. The summed E-state index contributed by atoms with van der Waals surface area (Å²) in [6.07, 6.45) is 2.56. The van der Waals surface area contributed by atoms with Crippen LogP contribution in [0.5, 0.6) is 0 Å². The molecule has 0 radical (unpaired) electrons. The Bertz CT molecular complexity index is 361. The van der Waals surface area contributed by atoms with Crippen LogP contribution in [0.3, 0.4) is 0 Å². The fraction of sp³-hybridized carbons (Fsp3) is 0.111. The van der Waals surface area contributed by atoms with Crippen LogP contribution in [-0.2, 0) is 0 Å². The molecule has 0 aromatic heterocycles. The van der Waals surface area contributed by atoms with Gasteiger partial charge < -0.3 is 0 Å². The zero-order chi connectivity index (χ0) is 9.84. The van der Waals surface area contributed by atoms with Gasteiger partial charge >= 0.3 is 0 Å². The Morgan fingerprint density at radius 2 is 2.23 bits per heavy atom. The van der Waals surface area contributed by atoms with E-state index in [9.17, 15) is 4.91 Å². The van der Waals surface area contributed by atoms with E-state index >= 15 is 0 Å². The van der Waals surface area contributed by atoms with Crippen molar-refractivity contribution >= 4 is 22.0 Å². The summed E-state index contributed by atoms with van der Waals surface area (Å²) < 4.78 is 0.977. The monoisotopic (exact) mass is 242 g/mol. The van der Waals surface area contributed by atoms with Crippen LogP contribution in [0.1, 0.15) is 11.1 Å². The van der Waals surface area contributed by atoms with Gasteiger partial charge in [-0.2, -0.15) is 0 Å². The lowest BCUT2D eigenvalue weighted by molar-refractivity contribution is -0.741. The normalized spacial score (nSPS) is 10.6. The Hall–Kier alpha value is -1.16. The molecule has 0 saturated carbocycles. The van der Waals surface area contributed by atoms with Gasteiger partial charge in [-0.3, -0.25) is 0 Å². The fourth-order valence-electron chi connectivity index (χ4n) is 0.863. The molecule has 0 unspecified atom stereocenters. The summed E-state index contributed by atoms with van der Waals surface area (Å²) >= 11 is 3.36. The van der Waals surface area contributed by atoms with Crippen LogP contribution in [0.15, 0.2) is 28.9 Å². The Labute approximate surface area is 84.4 Å². The molecule has 4 heteroatoms. The summed E-state index contributed by atoms with van der Waals surface area (Å²) in [7, 11) is 0. The van der Waals surface area contributed by atoms with E-state index in [1.54, 1.807) is 0 Å². The highest BCUT2D eigenvalue weighted by Gasteiger charge is 1.97. The molecule has 68 valence electrons. The van der Waals surface area contributed by atoms with Gasteiger partial charge in [0.05, 0.1) is 4.91 Å². The highest BCUT2D eigenvalue weighted by atomic mass is 79.9. The molecule has 0 amide bonds. The second-order valence-electron chi connectivity index (χ2n) is 2.63. The van der Waals surface area contributed by atoms with Crippen molar-refractivity contribution in [2.24, 2.45) is 0 Å². The van der Waals surface area contributed by atoms with E-state index in [1.807, 2.05) is 25.1 Å². The highest BCUT2D eigenvalue weighted by Crippen LogP contribution is 2.18. The third-order valence-corrected chi connectivity index (χ3v) is 2.44. The van der Waals surface area contributed by atoms with Crippen LogP contribution < -0.4 is 0 Å². The number of nitrogens with zero attached hydrogens (tertiary/aromatic N) is 1. The molecule has 0 bridgehead atoms. The van der Waals surface area contributed by atoms with Gasteiger partial charge in [0.15, 0.2) is 0 Å². The minimum atomic E-state index is -0.228. The molecule has 3 nitrogen and oxygen atoms in total. The first kappa shape index (κ1) is 9.92. The summed E-state index contributed by atoms with van der Waals surface area (Å²) in [4.78, 5) is 9.91. The number of halogens is 1. The minimum Gasteiger partial charge on any atom is -0.241 e. The maximum absolute atomic E-state index is 10.1. The Morgan fingerprint density at radius 1 is 1.54 bits per heavy atom. The summed E-state index contributed by atoms with van der Waals surface area (Å²) in [5.74, 6) is 0. The summed E-state index contributed by atoms with van der Waals surface area (Å²) in [6.45, 7) is 1.98. The van der Waals surface area contributed by atoms with Gasteiger partial charge in [0, 0.05) is 10.5 Å². The smallest absolute Gasteiger partial charge is 0.241 e. The van der Waals surface area contributed by atoms with E-state index in [-0.39, 0.29) is 4.92 Å². The molecule has 1 N–H and O–H groups in total. The first-order chi connectivity index (χ1) is 6.09. The Morgan fingerprint density at radius 3 is 2.77 bits per heavy atom. The quantitative estimate of drug-likeness (QED) is 0.811. The lowest BCUT2D eigenvalue weighted by atomic mass is 10.1. The number of hydrogen-bond acceptors (Lipinski definition) is 1. The Balaban J connectivity index is 2.92. The predicted molar refractivity (Wildman–Crippen MR) is 53.3 cm³/mol. The number of hydrogen-bond donors (Lipinski definition) is 1. The molecule has 0 aliphatic heterocycles. The van der Waals surface area contributed by atoms with Crippen LogP contribution in [0.2, 0.25) is 0 Å². The largest absolute Gasteiger partial charge is 0.282 e. The molecule has 0 fully saturated rings. The third kappa shape index (κ3) is 2.99. The van der Waals surface area contributed by atoms with Crippen molar-refractivity contribution < 1.29 is 10.1 Å². The minimum absolute atomic E-state index is 0.228. The van der Waals surface area contributed by atoms with Crippen molar-refractivity contribution in [3.63, 3.8) is 0 Å². The van der Waals surface area contributed by atoms with Gasteiger partial charge in [-0.05, 0) is 24.1 Å². The van der Waals surface area contributed by atoms with Crippen molar-refractivity contribution in [1.82, 2.24) is 0 Å². The average Bonchev–Trinajstić information content (AvgIpc) is 2.07. The molecule has 1 aromatic carbocycles. The second-order valence-corrected chi connectivity index (χ2v) is 3.48. The molecule has 1 aromatic rings. The van der Waals surface area contributed by atoms with Crippen LogP contribution >= 0.6 is 15.9 Å². The van der Waals surface area contributed by atoms with Crippen LogP contribution in [-0.4, -0.2) is 10.1 Å². The van der Waals surface area contributed by atoms with Gasteiger partial charge in [0.2, 0.25) is 4.92 Å². The van der Waals surface area contributed by atoms with E-state index in [4.69, 9.17) is 5.21 Å². The standard InChI is InChI=1S/C9H9BrNO2/c1-7-2-3-8(6-9(7)10)4-5-11(12)13/h2-6H,1H3,(H,12,13)/q+1/b5-4+. The van der Waals surface area contributed by atoms with Gasteiger partial charge in [0.1, 0.15) is 0 Å². The predicted octanol–water partition coefficient (Wildman–Crippen LogP) is 2.90. The van der Waals surface area contributed by atoms with Crippen molar-refractivity contribution in [2.75, 3.05) is 0 Å². The van der Waals surface area contributed by atoms with E-state index in [0.29, 0.717) is 0 Å². The maximum Gasteiger partial charge on any atom is 0.282 e. The highest BCUT2D eigenvalue weighted by molar-refractivity contribution is 9.10. The van der Waals surface area contributed by atoms with Gasteiger partial charge in [0.25, 0.3) is 6.20 Å². The maximum atomic E-state index is 10.1. The number of aryl methyl sites for hydroxylation is 1. The topological polar surface area (TPSA) is 40.3 Å². The number of benzene rings is 1. The van der Waals surface area contributed by atoms with E-state index in [2.05, 4.69) is 15.9 Å². The first-order valence-electron chi connectivity index (χ1n) is 3.69. The zero-order valence-electron chi connectivity index (χ0n) is 7.07. The van der Waals surface area contributed by atoms with Crippen molar-refractivity contribution in [3.8, 4) is 0 Å². The SMILES string of the molecule is Cc1ccc(/C=C/[N+](=O)O)cc1Br. The zero-order valence-corrected chi connectivity index (χ0v) is 8.65. The molecule has 0 saturated heterocycles. The van der Waals surface area contributed by atoms with Crippen molar-refractivity contribution in [3.05, 3.63) is 44.9 Å². The van der Waals surface area contributed by atoms with E-state index < -0.39 is 0 Å². The van der Waals surface area contributed by atoms with Gasteiger partial charge in [-0.25, -0.2) is 5.21 Å². The van der Waals surface area contributed by atoms with Crippen LogP contribution in [0, 0.1) is 11.8 Å². The third-order valence-electron chi connectivity index (χ3n) is 1.59. The summed E-state index contributed by atoms with van der Waals surface area (Å²) in [5, 5.41) is 8.32. The van der Waals surface area contributed by atoms with Crippen LogP contribution in [0.4, 0.5) is 0 Å². The molecule has 0 heterocycles. The number of rotatable bonds is 2. The van der Waals surface area contributed by atoms with Crippen molar-refractivity contribution in [1.29, 1.82) is 0 Å². The van der Waals surface area contributed by atoms with Gasteiger partial charge in [-0.15, -0.1) is 0 Å². The molecule has 0 atom stereocenters. The molecule has 13 heavy (non-hydrogen) atoms. The van der Waals surface area contributed by atoms with E-state index in [0.717, 1.165) is 21.8 Å². The molecule has 0 aliphatic carbocycles. The summed E-state index contributed by atoms with van der Waals surface area (Å²) in [6, 6.07) is 5.66. The van der Waals surface area contributed by atoms with E-state index in [1.165, 1.54) is 6.08 Å².